The summed E-state index contributed by atoms with van der Waals surface area (Å²) in [5, 5.41) is 8.42. The molecule has 3 atom stereocenters. The fraction of sp³-hybridized carbons (Fsp3) is 0.269. The minimum Gasteiger partial charge on any atom is -0.457 e. The third-order valence-electron chi connectivity index (χ3n) is 6.16. The molecule has 1 fully saturated rings. The highest BCUT2D eigenvalue weighted by atomic mass is 19.4. The summed E-state index contributed by atoms with van der Waals surface area (Å²) in [5.41, 5.74) is 1.72. The van der Waals surface area contributed by atoms with Gasteiger partial charge in [0.25, 0.3) is 0 Å². The minimum atomic E-state index is -4.41. The third-order valence-corrected chi connectivity index (χ3v) is 6.16. The van der Waals surface area contributed by atoms with Gasteiger partial charge in [-0.3, -0.25) is 14.5 Å². The minimum absolute atomic E-state index is 0.0283. The van der Waals surface area contributed by atoms with Crippen molar-refractivity contribution in [2.24, 2.45) is 13.0 Å². The smallest absolute Gasteiger partial charge is 0.416 e. The molecular weight excluding hydrogens is 457 g/mol. The van der Waals surface area contributed by atoms with E-state index in [0.29, 0.717) is 17.9 Å². The van der Waals surface area contributed by atoms with E-state index >= 15 is 0 Å². The van der Waals surface area contributed by atoms with E-state index in [1.807, 2.05) is 44.4 Å². The quantitative estimate of drug-likeness (QED) is 0.381. The molecular formula is C26H23F3N4O2. The lowest BCUT2D eigenvalue weighted by Crippen LogP contribution is -2.28. The molecule has 1 N–H and O–H groups in total. The monoisotopic (exact) mass is 480 g/mol. The van der Waals surface area contributed by atoms with Crippen LogP contribution in [0.2, 0.25) is 0 Å². The highest BCUT2D eigenvalue weighted by Crippen LogP contribution is 2.50. The van der Waals surface area contributed by atoms with Gasteiger partial charge in [-0.2, -0.15) is 18.3 Å². The van der Waals surface area contributed by atoms with Gasteiger partial charge >= 0.3 is 6.18 Å². The number of hydrogen-bond donors (Lipinski definition) is 1. The average molecular weight is 480 g/mol. The van der Waals surface area contributed by atoms with Gasteiger partial charge in [-0.25, -0.2) is 0 Å². The molecule has 2 aromatic heterocycles. The van der Waals surface area contributed by atoms with Crippen LogP contribution >= 0.6 is 0 Å². The molecule has 0 bridgehead atoms. The highest BCUT2D eigenvalue weighted by Gasteiger charge is 2.45. The normalized spacial score (nSPS) is 18.3. The van der Waals surface area contributed by atoms with Crippen molar-refractivity contribution < 1.29 is 22.7 Å². The molecule has 1 unspecified atom stereocenters. The number of aryl methyl sites for hydroxylation is 1. The van der Waals surface area contributed by atoms with Crippen molar-refractivity contribution in [3.8, 4) is 11.5 Å². The topological polar surface area (TPSA) is 69.0 Å². The molecule has 1 amide bonds. The Balaban J connectivity index is 1.36. The number of ether oxygens (including phenoxy) is 1. The number of alkyl halides is 3. The fourth-order valence-electron chi connectivity index (χ4n) is 4.30. The lowest BCUT2D eigenvalue weighted by molar-refractivity contribution is -0.137. The van der Waals surface area contributed by atoms with Crippen LogP contribution in [0, 0.1) is 5.92 Å². The predicted molar refractivity (Wildman–Crippen MR) is 124 cm³/mol. The number of benzene rings is 2. The number of pyridine rings is 1. The maximum atomic E-state index is 12.9. The van der Waals surface area contributed by atoms with E-state index in [4.69, 9.17) is 4.74 Å². The second kappa shape index (κ2) is 8.72. The molecule has 0 saturated heterocycles. The Morgan fingerprint density at radius 1 is 1.14 bits per heavy atom. The first-order chi connectivity index (χ1) is 16.7. The van der Waals surface area contributed by atoms with Crippen LogP contribution in [0.25, 0.3) is 10.9 Å². The van der Waals surface area contributed by atoms with Gasteiger partial charge < -0.3 is 10.1 Å². The Morgan fingerprint density at radius 3 is 2.60 bits per heavy atom. The van der Waals surface area contributed by atoms with Gasteiger partial charge in [0.2, 0.25) is 5.91 Å². The van der Waals surface area contributed by atoms with Crippen molar-refractivity contribution in [1.82, 2.24) is 20.1 Å². The Hall–Kier alpha value is -3.88. The maximum Gasteiger partial charge on any atom is 0.416 e. The Kier molecular flexibility index (Phi) is 5.70. The lowest BCUT2D eigenvalue weighted by Gasteiger charge is -2.13. The van der Waals surface area contributed by atoms with Crippen LogP contribution in [-0.2, 0) is 18.0 Å². The largest absolute Gasteiger partial charge is 0.457 e. The molecule has 6 nitrogen and oxygen atoms in total. The molecule has 35 heavy (non-hydrogen) atoms. The standard InChI is InChI=1S/C26H23F3N4O2/c1-15(23-5-3-4-10-30-23)31-25(34)22-13-20(22)21-12-19(11-16-14-33(2)32-24(16)21)35-18-8-6-17(7-9-18)26(27,28)29/h3-12,14-15,20,22H,13H2,1-2H3,(H,31,34)/t15?,20-,22+/m0/s1. The van der Waals surface area contributed by atoms with Crippen molar-refractivity contribution in [2.45, 2.75) is 31.5 Å². The van der Waals surface area contributed by atoms with E-state index in [9.17, 15) is 18.0 Å². The molecule has 0 radical (unpaired) electrons. The van der Waals surface area contributed by atoms with Crippen LogP contribution in [0.4, 0.5) is 13.2 Å². The summed E-state index contributed by atoms with van der Waals surface area (Å²) in [6.45, 7) is 1.90. The molecule has 2 heterocycles. The van der Waals surface area contributed by atoms with Gasteiger partial charge in [0.05, 0.1) is 22.8 Å². The summed E-state index contributed by atoms with van der Waals surface area (Å²) >= 11 is 0. The Labute approximate surface area is 199 Å². The summed E-state index contributed by atoms with van der Waals surface area (Å²) in [5.74, 6) is 0.494. The number of aromatic nitrogens is 3. The maximum absolute atomic E-state index is 12.9. The summed E-state index contributed by atoms with van der Waals surface area (Å²) < 4.78 is 46.2. The van der Waals surface area contributed by atoms with Crippen molar-refractivity contribution >= 4 is 16.8 Å². The van der Waals surface area contributed by atoms with Gasteiger partial charge in [0.1, 0.15) is 11.5 Å². The zero-order valence-electron chi connectivity index (χ0n) is 19.1. The molecule has 2 aromatic carbocycles. The van der Waals surface area contributed by atoms with Crippen LogP contribution in [0.5, 0.6) is 11.5 Å². The van der Waals surface area contributed by atoms with Gasteiger partial charge in [-0.05, 0) is 73.4 Å². The van der Waals surface area contributed by atoms with Crippen LogP contribution < -0.4 is 10.1 Å². The first-order valence-corrected chi connectivity index (χ1v) is 11.2. The van der Waals surface area contributed by atoms with Crippen LogP contribution in [0.1, 0.15) is 42.1 Å². The van der Waals surface area contributed by atoms with E-state index < -0.39 is 11.7 Å². The van der Waals surface area contributed by atoms with Gasteiger partial charge in [0, 0.05) is 30.7 Å². The van der Waals surface area contributed by atoms with E-state index in [0.717, 1.165) is 34.3 Å². The second-order valence-corrected chi connectivity index (χ2v) is 8.81. The van der Waals surface area contributed by atoms with Gasteiger partial charge in [0.15, 0.2) is 0 Å². The number of amides is 1. The van der Waals surface area contributed by atoms with E-state index in [-0.39, 0.29) is 23.8 Å². The zero-order chi connectivity index (χ0) is 24.7. The zero-order valence-corrected chi connectivity index (χ0v) is 19.1. The number of rotatable bonds is 6. The average Bonchev–Trinajstić information content (AvgIpc) is 3.53. The molecule has 1 aliphatic carbocycles. The molecule has 4 aromatic rings. The number of carbonyl (C=O) groups excluding carboxylic acids is 1. The summed E-state index contributed by atoms with van der Waals surface area (Å²) in [4.78, 5) is 17.2. The molecule has 1 aliphatic rings. The lowest BCUT2D eigenvalue weighted by atomic mass is 10.0. The number of carbonyl (C=O) groups is 1. The summed E-state index contributed by atoms with van der Waals surface area (Å²) in [6.07, 6.45) is -0.191. The second-order valence-electron chi connectivity index (χ2n) is 8.81. The van der Waals surface area contributed by atoms with Crippen LogP contribution in [0.15, 0.2) is 67.0 Å². The van der Waals surface area contributed by atoms with Gasteiger partial charge in [-0.15, -0.1) is 0 Å². The fourth-order valence-corrected chi connectivity index (χ4v) is 4.30. The van der Waals surface area contributed by atoms with Crippen molar-refractivity contribution in [3.05, 3.63) is 83.8 Å². The van der Waals surface area contributed by atoms with Crippen LogP contribution in [-0.4, -0.2) is 20.7 Å². The van der Waals surface area contributed by atoms with Gasteiger partial charge in [-0.1, -0.05) is 6.07 Å². The van der Waals surface area contributed by atoms with Crippen molar-refractivity contribution in [2.75, 3.05) is 0 Å². The third kappa shape index (κ3) is 4.84. The van der Waals surface area contributed by atoms with Crippen molar-refractivity contribution in [3.63, 3.8) is 0 Å². The molecule has 5 rings (SSSR count). The summed E-state index contributed by atoms with van der Waals surface area (Å²) in [7, 11) is 1.81. The van der Waals surface area contributed by atoms with Crippen molar-refractivity contribution in [1.29, 1.82) is 0 Å². The first-order valence-electron chi connectivity index (χ1n) is 11.2. The molecule has 180 valence electrons. The molecule has 9 heteroatoms. The number of nitrogens with zero attached hydrogens (tertiary/aromatic N) is 3. The van der Waals surface area contributed by atoms with E-state index in [1.165, 1.54) is 12.1 Å². The molecule has 0 aliphatic heterocycles. The van der Waals surface area contributed by atoms with Crippen LogP contribution in [0.3, 0.4) is 0 Å². The first kappa shape index (κ1) is 22.9. The SMILES string of the molecule is CC(NC(=O)[C@@H]1C[C@H]1c1cc(Oc2ccc(C(F)(F)F)cc2)cc2cn(C)nc12)c1ccccn1. The molecule has 1 saturated carbocycles. The number of fused-ring (bicyclic) bond motifs is 1. The highest BCUT2D eigenvalue weighted by molar-refractivity contribution is 5.88. The van der Waals surface area contributed by atoms with E-state index in [1.54, 1.807) is 16.9 Å². The summed E-state index contributed by atoms with van der Waals surface area (Å²) in [6, 6.07) is 13.6. The number of nitrogens with one attached hydrogen (secondary N) is 1. The number of halogens is 3. The predicted octanol–water partition coefficient (Wildman–Crippen LogP) is 5.76. The Morgan fingerprint density at radius 2 is 1.91 bits per heavy atom. The molecule has 0 spiro atoms. The number of hydrogen-bond acceptors (Lipinski definition) is 4. The van der Waals surface area contributed by atoms with E-state index in [2.05, 4.69) is 15.4 Å². The Bertz CT molecular complexity index is 1370.